The van der Waals surface area contributed by atoms with Crippen LogP contribution in [0.3, 0.4) is 0 Å². The van der Waals surface area contributed by atoms with E-state index in [1.165, 1.54) is 4.57 Å². The summed E-state index contributed by atoms with van der Waals surface area (Å²) in [7, 11) is 5.33. The van der Waals surface area contributed by atoms with Gasteiger partial charge < -0.3 is 5.32 Å². The van der Waals surface area contributed by atoms with Gasteiger partial charge in [-0.05, 0) is 25.0 Å². The van der Waals surface area contributed by atoms with Crippen LogP contribution in [0.25, 0.3) is 22.2 Å². The van der Waals surface area contributed by atoms with Crippen molar-refractivity contribution in [3.05, 3.63) is 51.9 Å². The summed E-state index contributed by atoms with van der Waals surface area (Å²) in [5.74, 6) is 0.486. The van der Waals surface area contributed by atoms with Crippen LogP contribution in [0, 0.1) is 0 Å². The van der Waals surface area contributed by atoms with E-state index in [1.807, 2.05) is 36.6 Å². The summed E-state index contributed by atoms with van der Waals surface area (Å²) in [6, 6.07) is 9.26. The SMILES string of the molecule is CN(C)S(=O)N1CCC(Nc2ncc3cc(-c4ccccc4Cl)c(=O)n(C)c3n2)CC1. The molecule has 0 aliphatic carbocycles. The molecule has 2 aromatic heterocycles. The van der Waals surface area contributed by atoms with Gasteiger partial charge in [0, 0.05) is 68.0 Å². The zero-order valence-electron chi connectivity index (χ0n) is 17.7. The van der Waals surface area contributed by atoms with Gasteiger partial charge in [0.1, 0.15) is 5.65 Å². The van der Waals surface area contributed by atoms with E-state index in [9.17, 15) is 9.00 Å². The summed E-state index contributed by atoms with van der Waals surface area (Å²) >= 11 is 5.20. The Labute approximate surface area is 188 Å². The first-order valence-electron chi connectivity index (χ1n) is 10.1. The van der Waals surface area contributed by atoms with Gasteiger partial charge in [-0.1, -0.05) is 29.8 Å². The maximum Gasteiger partial charge on any atom is 0.259 e. The molecule has 3 heterocycles. The molecule has 8 nitrogen and oxygen atoms in total. The summed E-state index contributed by atoms with van der Waals surface area (Å²) in [4.78, 5) is 22.0. The van der Waals surface area contributed by atoms with Crippen molar-refractivity contribution in [2.75, 3.05) is 32.5 Å². The fourth-order valence-corrected chi connectivity index (χ4v) is 4.98. The smallest absolute Gasteiger partial charge is 0.259 e. The highest BCUT2D eigenvalue weighted by Crippen LogP contribution is 2.27. The van der Waals surface area contributed by atoms with Gasteiger partial charge in [0.25, 0.3) is 5.56 Å². The minimum atomic E-state index is -1.10. The van der Waals surface area contributed by atoms with E-state index in [-0.39, 0.29) is 11.6 Å². The highest BCUT2D eigenvalue weighted by atomic mass is 35.5. The van der Waals surface area contributed by atoms with Crippen molar-refractivity contribution in [3.63, 3.8) is 0 Å². The molecule has 0 spiro atoms. The van der Waals surface area contributed by atoms with E-state index in [1.54, 1.807) is 29.7 Å². The minimum Gasteiger partial charge on any atom is -0.351 e. The van der Waals surface area contributed by atoms with E-state index in [4.69, 9.17) is 11.6 Å². The maximum absolute atomic E-state index is 13.0. The number of benzene rings is 1. The molecule has 1 saturated heterocycles. The Bertz CT molecular complexity index is 1190. The molecule has 1 aromatic carbocycles. The van der Waals surface area contributed by atoms with Crippen molar-refractivity contribution in [1.82, 2.24) is 23.1 Å². The summed E-state index contributed by atoms with van der Waals surface area (Å²) in [5.41, 5.74) is 1.61. The van der Waals surface area contributed by atoms with Crippen LogP contribution >= 0.6 is 11.6 Å². The maximum atomic E-state index is 13.0. The molecular formula is C21H25ClN6O2S. The number of hydrogen-bond donors (Lipinski definition) is 1. The first kappa shape index (κ1) is 21.9. The van der Waals surface area contributed by atoms with Gasteiger partial charge in [-0.3, -0.25) is 9.36 Å². The van der Waals surface area contributed by atoms with Gasteiger partial charge in [0.05, 0.1) is 0 Å². The number of aryl methyl sites for hydroxylation is 1. The van der Waals surface area contributed by atoms with Gasteiger partial charge in [0.15, 0.2) is 11.2 Å². The second-order valence-electron chi connectivity index (χ2n) is 7.77. The number of pyridine rings is 1. The second-order valence-corrected chi connectivity index (χ2v) is 9.88. The number of piperidine rings is 1. The van der Waals surface area contributed by atoms with Gasteiger partial charge in [-0.15, -0.1) is 0 Å². The third-order valence-electron chi connectivity index (χ3n) is 5.43. The Morgan fingerprint density at radius 3 is 2.58 bits per heavy atom. The number of anilines is 1. The van der Waals surface area contributed by atoms with E-state index < -0.39 is 11.2 Å². The fourth-order valence-electron chi connectivity index (χ4n) is 3.76. The first-order valence-corrected chi connectivity index (χ1v) is 11.5. The summed E-state index contributed by atoms with van der Waals surface area (Å²) in [5, 5.41) is 4.66. The molecule has 0 radical (unpaired) electrons. The van der Waals surface area contributed by atoms with Crippen LogP contribution in [-0.2, 0) is 18.2 Å². The Balaban J connectivity index is 1.56. The Kier molecular flexibility index (Phi) is 6.38. The molecule has 3 aromatic rings. The quantitative estimate of drug-likeness (QED) is 0.632. The Morgan fingerprint density at radius 2 is 1.90 bits per heavy atom. The number of nitrogens with one attached hydrogen (secondary N) is 1. The van der Waals surface area contributed by atoms with Crippen LogP contribution in [0.4, 0.5) is 5.95 Å². The predicted octanol–water partition coefficient (Wildman–Crippen LogP) is 2.67. The van der Waals surface area contributed by atoms with Crippen LogP contribution in [0.5, 0.6) is 0 Å². The molecular weight excluding hydrogens is 436 g/mol. The number of nitrogens with zero attached hydrogens (tertiary/aromatic N) is 5. The highest BCUT2D eigenvalue weighted by molar-refractivity contribution is 7.80. The van der Waals surface area contributed by atoms with Crippen molar-refractivity contribution < 1.29 is 4.21 Å². The number of halogens is 1. The molecule has 0 amide bonds. The zero-order chi connectivity index (χ0) is 22.1. The fraction of sp³-hybridized carbons (Fsp3) is 0.381. The molecule has 1 unspecified atom stereocenters. The molecule has 31 heavy (non-hydrogen) atoms. The molecule has 0 saturated carbocycles. The standard InChI is InChI=1S/C21H25ClN6O2S/c1-26(2)31(30)28-10-8-15(9-11-28)24-21-23-13-14-12-17(16-6-4-5-7-18(16)22)20(29)27(3)19(14)25-21/h4-7,12-13,15H,8-11H2,1-3H3,(H,23,24,25). The molecule has 1 aliphatic rings. The Morgan fingerprint density at radius 1 is 1.19 bits per heavy atom. The van der Waals surface area contributed by atoms with Gasteiger partial charge in [-0.25, -0.2) is 17.8 Å². The molecule has 10 heteroatoms. The predicted molar refractivity (Wildman–Crippen MR) is 125 cm³/mol. The largest absolute Gasteiger partial charge is 0.351 e. The van der Waals surface area contributed by atoms with E-state index in [0.29, 0.717) is 27.7 Å². The third-order valence-corrected chi connectivity index (χ3v) is 7.19. The molecule has 4 rings (SSSR count). The lowest BCUT2D eigenvalue weighted by Gasteiger charge is -2.32. The van der Waals surface area contributed by atoms with Crippen LogP contribution in [0.15, 0.2) is 41.3 Å². The molecule has 1 N–H and O–H groups in total. The summed E-state index contributed by atoms with van der Waals surface area (Å²) in [6.07, 6.45) is 3.40. The van der Waals surface area contributed by atoms with Crippen LogP contribution < -0.4 is 10.9 Å². The normalized spacial score (nSPS) is 16.7. The molecule has 1 aliphatic heterocycles. The zero-order valence-corrected chi connectivity index (χ0v) is 19.3. The van der Waals surface area contributed by atoms with E-state index in [0.717, 1.165) is 31.3 Å². The monoisotopic (exact) mass is 460 g/mol. The van der Waals surface area contributed by atoms with E-state index >= 15 is 0 Å². The van der Waals surface area contributed by atoms with Crippen LogP contribution in [0.1, 0.15) is 12.8 Å². The third kappa shape index (κ3) is 4.50. The van der Waals surface area contributed by atoms with Crippen molar-refractivity contribution in [3.8, 4) is 11.1 Å². The Hall–Kier alpha value is -2.33. The second kappa shape index (κ2) is 9.04. The minimum absolute atomic E-state index is 0.162. The topological polar surface area (TPSA) is 83.4 Å². The lowest BCUT2D eigenvalue weighted by Crippen LogP contribution is -2.43. The van der Waals surface area contributed by atoms with Crippen molar-refractivity contribution >= 4 is 39.8 Å². The van der Waals surface area contributed by atoms with Gasteiger partial charge in [0.2, 0.25) is 5.95 Å². The average molecular weight is 461 g/mol. The molecule has 0 bridgehead atoms. The number of fused-ring (bicyclic) bond motifs is 1. The van der Waals surface area contributed by atoms with Crippen molar-refractivity contribution in [2.24, 2.45) is 7.05 Å². The first-order chi connectivity index (χ1) is 14.8. The number of hydrogen-bond acceptors (Lipinski definition) is 5. The highest BCUT2D eigenvalue weighted by Gasteiger charge is 2.24. The number of aromatic nitrogens is 3. The summed E-state index contributed by atoms with van der Waals surface area (Å²) in [6.45, 7) is 1.46. The van der Waals surface area contributed by atoms with Crippen molar-refractivity contribution in [1.29, 1.82) is 0 Å². The lowest BCUT2D eigenvalue weighted by molar-refractivity contribution is 0.332. The van der Waals surface area contributed by atoms with Crippen LogP contribution in [0.2, 0.25) is 5.02 Å². The van der Waals surface area contributed by atoms with E-state index in [2.05, 4.69) is 15.3 Å². The summed E-state index contributed by atoms with van der Waals surface area (Å²) < 4.78 is 17.4. The van der Waals surface area contributed by atoms with Crippen LogP contribution in [-0.4, -0.2) is 60.6 Å². The molecule has 164 valence electrons. The molecule has 1 atom stereocenters. The molecule has 1 fully saturated rings. The van der Waals surface area contributed by atoms with Gasteiger partial charge in [-0.2, -0.15) is 4.98 Å². The van der Waals surface area contributed by atoms with Gasteiger partial charge >= 0.3 is 0 Å². The van der Waals surface area contributed by atoms with Crippen molar-refractivity contribution in [2.45, 2.75) is 18.9 Å². The number of rotatable bonds is 5. The average Bonchev–Trinajstić information content (AvgIpc) is 2.77. The lowest BCUT2D eigenvalue weighted by atomic mass is 10.1.